The van der Waals surface area contributed by atoms with Crippen LogP contribution in [-0.2, 0) is 4.74 Å². The van der Waals surface area contributed by atoms with Gasteiger partial charge in [-0.15, -0.1) is 0 Å². The molecule has 0 bridgehead atoms. The lowest BCUT2D eigenvalue weighted by Gasteiger charge is -2.28. The van der Waals surface area contributed by atoms with Crippen LogP contribution in [0.3, 0.4) is 0 Å². The molecule has 3 unspecified atom stereocenters. The van der Waals surface area contributed by atoms with Gasteiger partial charge in [-0.2, -0.15) is 5.26 Å². The number of hydrogen-bond donors (Lipinski definition) is 1. The van der Waals surface area contributed by atoms with Crippen LogP contribution in [0.15, 0.2) is 0 Å². The van der Waals surface area contributed by atoms with E-state index in [-0.39, 0.29) is 5.54 Å². The first-order valence-electron chi connectivity index (χ1n) is 6.40. The van der Waals surface area contributed by atoms with Crippen molar-refractivity contribution in [3.8, 4) is 6.07 Å². The largest absolute Gasteiger partial charge is 0.379 e. The van der Waals surface area contributed by atoms with Crippen molar-refractivity contribution >= 4 is 0 Å². The van der Waals surface area contributed by atoms with Crippen molar-refractivity contribution in [1.82, 2.24) is 5.32 Å². The van der Waals surface area contributed by atoms with Crippen LogP contribution in [0.25, 0.3) is 0 Å². The first-order valence-corrected chi connectivity index (χ1v) is 6.40. The highest BCUT2D eigenvalue weighted by atomic mass is 16.5. The van der Waals surface area contributed by atoms with Crippen LogP contribution in [-0.4, -0.2) is 25.3 Å². The van der Waals surface area contributed by atoms with Gasteiger partial charge in [0.15, 0.2) is 0 Å². The zero-order valence-electron chi connectivity index (χ0n) is 10.8. The van der Waals surface area contributed by atoms with Gasteiger partial charge in [0, 0.05) is 6.61 Å². The van der Waals surface area contributed by atoms with Crippen molar-refractivity contribution in [1.29, 1.82) is 5.26 Å². The Morgan fingerprint density at radius 2 is 2.38 bits per heavy atom. The van der Waals surface area contributed by atoms with Gasteiger partial charge < -0.3 is 10.1 Å². The Kier molecular flexibility index (Phi) is 5.24. The molecule has 0 aliphatic heterocycles. The summed E-state index contributed by atoms with van der Waals surface area (Å²) in [5.74, 6) is 0.451. The highest BCUT2D eigenvalue weighted by molar-refractivity contribution is 5.13. The highest BCUT2D eigenvalue weighted by Crippen LogP contribution is 2.37. The number of nitrogens with zero attached hydrogens (tertiary/aromatic N) is 1. The molecule has 1 rings (SSSR count). The molecule has 0 radical (unpaired) electrons. The molecule has 0 spiro atoms. The lowest BCUT2D eigenvalue weighted by Crippen LogP contribution is -2.45. The van der Waals surface area contributed by atoms with E-state index in [2.05, 4.69) is 25.2 Å². The number of nitriles is 1. The maximum absolute atomic E-state index is 9.29. The first kappa shape index (κ1) is 13.5. The molecule has 0 aromatic carbocycles. The molecule has 16 heavy (non-hydrogen) atoms. The molecule has 92 valence electrons. The van der Waals surface area contributed by atoms with Gasteiger partial charge in [0.1, 0.15) is 5.54 Å². The van der Waals surface area contributed by atoms with E-state index in [1.165, 1.54) is 0 Å². The zero-order chi connectivity index (χ0) is 12.0. The zero-order valence-corrected chi connectivity index (χ0v) is 10.8. The second kappa shape index (κ2) is 6.22. The minimum atomic E-state index is -0.293. The van der Waals surface area contributed by atoms with Gasteiger partial charge in [-0.25, -0.2) is 0 Å². The van der Waals surface area contributed by atoms with E-state index in [1.54, 1.807) is 0 Å². The summed E-state index contributed by atoms with van der Waals surface area (Å²) >= 11 is 0. The third kappa shape index (κ3) is 2.96. The Morgan fingerprint density at radius 3 is 2.94 bits per heavy atom. The first-order chi connectivity index (χ1) is 7.68. The molecular formula is C13H24N2O. The monoisotopic (exact) mass is 224 g/mol. The van der Waals surface area contributed by atoms with Crippen molar-refractivity contribution in [2.75, 3.05) is 13.7 Å². The minimum Gasteiger partial charge on any atom is -0.379 e. The fraction of sp³-hybridized carbons (Fsp3) is 0.923. The topological polar surface area (TPSA) is 45.0 Å². The number of rotatable bonds is 6. The van der Waals surface area contributed by atoms with Crippen molar-refractivity contribution in [2.24, 2.45) is 5.92 Å². The molecule has 1 aliphatic carbocycles. The molecule has 3 atom stereocenters. The molecule has 3 nitrogen and oxygen atoms in total. The Balaban J connectivity index is 2.39. The van der Waals surface area contributed by atoms with Crippen LogP contribution in [0.2, 0.25) is 0 Å². The quantitative estimate of drug-likeness (QED) is 0.754. The van der Waals surface area contributed by atoms with Crippen LogP contribution in [0, 0.1) is 17.2 Å². The van der Waals surface area contributed by atoms with Crippen LogP contribution >= 0.6 is 0 Å². The van der Waals surface area contributed by atoms with E-state index < -0.39 is 0 Å². The molecule has 0 amide bonds. The predicted octanol–water partition coefficient (Wildman–Crippen LogP) is 2.47. The van der Waals surface area contributed by atoms with Crippen LogP contribution in [0.4, 0.5) is 0 Å². The maximum atomic E-state index is 9.29. The summed E-state index contributed by atoms with van der Waals surface area (Å²) in [5, 5.41) is 12.5. The van der Waals surface area contributed by atoms with E-state index >= 15 is 0 Å². The van der Waals surface area contributed by atoms with Crippen molar-refractivity contribution in [2.45, 2.75) is 57.6 Å². The lowest BCUT2D eigenvalue weighted by molar-refractivity contribution is 0.0502. The fourth-order valence-electron chi connectivity index (χ4n) is 2.53. The van der Waals surface area contributed by atoms with E-state index in [0.29, 0.717) is 12.0 Å². The lowest BCUT2D eigenvalue weighted by atomic mass is 9.86. The summed E-state index contributed by atoms with van der Waals surface area (Å²) in [6.45, 7) is 5.02. The van der Waals surface area contributed by atoms with Gasteiger partial charge >= 0.3 is 0 Å². The highest BCUT2D eigenvalue weighted by Gasteiger charge is 2.41. The van der Waals surface area contributed by atoms with E-state index in [0.717, 1.165) is 38.7 Å². The van der Waals surface area contributed by atoms with Gasteiger partial charge in [0.25, 0.3) is 0 Å². The molecule has 1 N–H and O–H groups in total. The normalized spacial score (nSPS) is 31.2. The molecule has 0 heterocycles. The Bertz CT molecular complexity index is 249. The predicted molar refractivity (Wildman–Crippen MR) is 65.1 cm³/mol. The second-order valence-corrected chi connectivity index (χ2v) is 4.80. The number of nitrogens with one attached hydrogen (secondary N) is 1. The minimum absolute atomic E-state index is 0.293. The third-order valence-electron chi connectivity index (χ3n) is 3.91. The van der Waals surface area contributed by atoms with Gasteiger partial charge in [0.2, 0.25) is 0 Å². The molecule has 1 aliphatic rings. The smallest absolute Gasteiger partial charge is 0.109 e. The molecule has 1 fully saturated rings. The molecule has 0 aromatic heterocycles. The molecule has 1 saturated carbocycles. The van der Waals surface area contributed by atoms with Crippen molar-refractivity contribution < 1.29 is 4.74 Å². The van der Waals surface area contributed by atoms with Crippen LogP contribution < -0.4 is 5.32 Å². The van der Waals surface area contributed by atoms with Gasteiger partial charge in [-0.05, 0) is 45.6 Å². The third-order valence-corrected chi connectivity index (χ3v) is 3.91. The molecule has 3 heteroatoms. The Hall–Kier alpha value is -0.590. The van der Waals surface area contributed by atoms with E-state index in [1.807, 2.05) is 7.05 Å². The van der Waals surface area contributed by atoms with Crippen molar-refractivity contribution in [3.05, 3.63) is 0 Å². The van der Waals surface area contributed by atoms with Crippen LogP contribution in [0.5, 0.6) is 0 Å². The molecular weight excluding hydrogens is 200 g/mol. The van der Waals surface area contributed by atoms with Crippen LogP contribution in [0.1, 0.15) is 46.0 Å². The van der Waals surface area contributed by atoms with Gasteiger partial charge in [-0.3, -0.25) is 0 Å². The summed E-state index contributed by atoms with van der Waals surface area (Å²) < 4.78 is 5.70. The number of hydrogen-bond acceptors (Lipinski definition) is 3. The summed E-state index contributed by atoms with van der Waals surface area (Å²) in [7, 11) is 1.90. The summed E-state index contributed by atoms with van der Waals surface area (Å²) in [6, 6.07) is 2.46. The summed E-state index contributed by atoms with van der Waals surface area (Å²) in [6.07, 6.45) is 5.68. The number of ether oxygens (including phenoxy) is 1. The maximum Gasteiger partial charge on any atom is 0.109 e. The molecule has 0 saturated heterocycles. The van der Waals surface area contributed by atoms with Gasteiger partial charge in [-0.1, -0.05) is 13.3 Å². The average molecular weight is 224 g/mol. The summed E-state index contributed by atoms with van der Waals surface area (Å²) in [4.78, 5) is 0. The fourth-order valence-corrected chi connectivity index (χ4v) is 2.53. The SMILES string of the molecule is CCC(C)OCCC1CCCC1(C#N)NC. The second-order valence-electron chi connectivity index (χ2n) is 4.80. The van der Waals surface area contributed by atoms with Crippen molar-refractivity contribution in [3.63, 3.8) is 0 Å². The Morgan fingerprint density at radius 1 is 1.62 bits per heavy atom. The summed E-state index contributed by atoms with van der Waals surface area (Å²) in [5.41, 5.74) is -0.293. The molecule has 0 aromatic rings. The standard InChI is InChI=1S/C13H24N2O/c1-4-11(2)16-9-7-12-6-5-8-13(12,10-14)15-3/h11-12,15H,4-9H2,1-3H3. The van der Waals surface area contributed by atoms with E-state index in [9.17, 15) is 5.26 Å². The average Bonchev–Trinajstić information content (AvgIpc) is 2.72. The Labute approximate surface area is 99.2 Å². The van der Waals surface area contributed by atoms with E-state index in [4.69, 9.17) is 4.74 Å². The van der Waals surface area contributed by atoms with Gasteiger partial charge in [0.05, 0.1) is 12.2 Å².